The van der Waals surface area contributed by atoms with E-state index in [2.05, 4.69) is 110 Å². The molecule has 4 aromatic carbocycles. The van der Waals surface area contributed by atoms with Crippen molar-refractivity contribution in [2.75, 3.05) is 0 Å². The molecule has 6 rings (SSSR count). The molecule has 1 N–H and O–H groups in total. The predicted molar refractivity (Wildman–Crippen MR) is 198 cm³/mol. The molecule has 2 heterocycles. The normalized spacial score (nSPS) is 12.2. The number of ketones is 1. The van der Waals surface area contributed by atoms with Gasteiger partial charge in [0.05, 0.1) is 11.3 Å². The van der Waals surface area contributed by atoms with Crippen LogP contribution < -0.4 is 0 Å². The van der Waals surface area contributed by atoms with E-state index in [0.717, 1.165) is 58.9 Å². The summed E-state index contributed by atoms with van der Waals surface area (Å²) in [6.45, 7) is 14.9. The van der Waals surface area contributed by atoms with Crippen LogP contribution in [0.3, 0.4) is 0 Å². The van der Waals surface area contributed by atoms with Gasteiger partial charge in [0, 0.05) is 61.5 Å². The molecule has 0 saturated carbocycles. The van der Waals surface area contributed by atoms with Crippen LogP contribution in [0.4, 0.5) is 0 Å². The van der Waals surface area contributed by atoms with Gasteiger partial charge in [-0.05, 0) is 54.0 Å². The molecule has 0 aliphatic carbocycles. The fraction of sp³-hybridized carbons (Fsp3) is 0.357. The number of carbonyl (C=O) groups excluding carboxylic acids is 1. The fourth-order valence-corrected chi connectivity index (χ4v) is 6.66. The largest absolute Gasteiger partial charge is 0.512 e. The number of fused-ring (bicyclic) bond motifs is 5. The molecule has 6 aromatic rings. The Morgan fingerprint density at radius 3 is 2.08 bits per heavy atom. The Kier molecular flexibility index (Phi) is 12.0. The summed E-state index contributed by atoms with van der Waals surface area (Å²) in [4.78, 5) is 21.2. The summed E-state index contributed by atoms with van der Waals surface area (Å²) in [7, 11) is 2.08. The Bertz CT molecular complexity index is 2080. The van der Waals surface area contributed by atoms with E-state index in [1.165, 1.54) is 33.2 Å². The third-order valence-electron chi connectivity index (χ3n) is 9.56. The number of hydrogen-bond acceptors (Lipinski definition) is 4. The molecule has 5 nitrogen and oxygen atoms in total. The van der Waals surface area contributed by atoms with Crippen LogP contribution in [0.1, 0.15) is 79.7 Å². The predicted octanol–water partition coefficient (Wildman–Crippen LogP) is 11.1. The SMILES string of the molecule is CCC(CC)C(=O)/C=C(\O)C(CC)CC.Cn1c2cc3ccccc3cc2c2c(-c3[c-]c4ccccc4c(C(C)(C)C)c3)ncnc21.[Ir]. The van der Waals surface area contributed by atoms with Gasteiger partial charge in [0.15, 0.2) is 5.78 Å². The third kappa shape index (κ3) is 7.40. The van der Waals surface area contributed by atoms with Crippen molar-refractivity contribution in [2.45, 2.75) is 79.6 Å². The van der Waals surface area contributed by atoms with Crippen molar-refractivity contribution >= 4 is 49.3 Å². The van der Waals surface area contributed by atoms with Gasteiger partial charge >= 0.3 is 0 Å². The van der Waals surface area contributed by atoms with Gasteiger partial charge in [0.25, 0.3) is 0 Å². The number of aliphatic hydroxyl groups is 1. The molecule has 0 atom stereocenters. The number of allylic oxidation sites excluding steroid dienone is 2. The van der Waals surface area contributed by atoms with Crippen LogP contribution in [0, 0.1) is 17.9 Å². The van der Waals surface area contributed by atoms with E-state index < -0.39 is 0 Å². The van der Waals surface area contributed by atoms with Gasteiger partial charge in [0.2, 0.25) is 0 Å². The minimum Gasteiger partial charge on any atom is -0.512 e. The van der Waals surface area contributed by atoms with Crippen molar-refractivity contribution in [1.29, 1.82) is 0 Å². The first-order valence-electron chi connectivity index (χ1n) is 17.0. The first kappa shape index (κ1) is 37.0. The fourth-order valence-electron chi connectivity index (χ4n) is 6.66. The van der Waals surface area contributed by atoms with Crippen LogP contribution in [-0.2, 0) is 37.4 Å². The van der Waals surface area contributed by atoms with Crippen LogP contribution in [0.25, 0.3) is 54.7 Å². The van der Waals surface area contributed by atoms with Gasteiger partial charge in [-0.1, -0.05) is 102 Å². The number of rotatable bonds is 8. The van der Waals surface area contributed by atoms with E-state index in [1.807, 2.05) is 27.7 Å². The number of carbonyl (C=O) groups is 1. The van der Waals surface area contributed by atoms with E-state index >= 15 is 0 Å². The standard InChI is InChI=1S/C29H24N3.C13H24O2.Ir/c1-29(2,3)24-15-21(13-20-11-7-8-12-22(20)24)27-26-23-14-18-9-5-6-10-19(18)16-25(23)32(4)28(26)31-17-30-27;1-5-10(6-2)12(14)9-13(15)11(7-3)8-4;/h5-12,14-17H,1-4H3;9-11,14H,5-8H2,1-4H3;/q-1;;/b;12-9-;. The van der Waals surface area contributed by atoms with Crippen LogP contribution in [0.15, 0.2) is 84.9 Å². The van der Waals surface area contributed by atoms with Crippen molar-refractivity contribution in [3.8, 4) is 11.3 Å². The Morgan fingerprint density at radius 1 is 0.854 bits per heavy atom. The molecule has 0 spiro atoms. The van der Waals surface area contributed by atoms with Crippen LogP contribution in [0.2, 0.25) is 0 Å². The number of aliphatic hydroxyl groups excluding tert-OH is 1. The first-order chi connectivity index (χ1) is 22.5. The van der Waals surface area contributed by atoms with Gasteiger partial charge in [-0.25, -0.2) is 4.98 Å². The smallest absolute Gasteiger partial charge is 0.162 e. The molecule has 253 valence electrons. The summed E-state index contributed by atoms with van der Waals surface area (Å²) in [6.07, 6.45) is 6.58. The maximum absolute atomic E-state index is 11.7. The van der Waals surface area contributed by atoms with Crippen molar-refractivity contribution in [3.05, 3.63) is 96.5 Å². The summed E-state index contributed by atoms with van der Waals surface area (Å²) in [5.74, 6) is 0.547. The van der Waals surface area contributed by atoms with E-state index in [1.54, 1.807) is 6.33 Å². The second kappa shape index (κ2) is 15.6. The zero-order valence-electron chi connectivity index (χ0n) is 29.5. The summed E-state index contributed by atoms with van der Waals surface area (Å²) in [5.41, 5.74) is 5.37. The monoisotopic (exact) mass is 819 g/mol. The molecule has 0 bridgehead atoms. The second-order valence-corrected chi connectivity index (χ2v) is 13.6. The summed E-state index contributed by atoms with van der Waals surface area (Å²) in [5, 5.41) is 16.8. The Labute approximate surface area is 298 Å². The van der Waals surface area contributed by atoms with E-state index in [4.69, 9.17) is 4.98 Å². The van der Waals surface area contributed by atoms with Gasteiger partial charge in [-0.15, -0.1) is 29.1 Å². The average Bonchev–Trinajstić information content (AvgIpc) is 3.34. The third-order valence-corrected chi connectivity index (χ3v) is 9.56. The van der Waals surface area contributed by atoms with Crippen LogP contribution >= 0.6 is 0 Å². The number of aryl methyl sites for hydroxylation is 1. The number of hydrogen-bond donors (Lipinski definition) is 1. The quantitative estimate of drug-likeness (QED) is 0.0944. The molecule has 48 heavy (non-hydrogen) atoms. The van der Waals surface area contributed by atoms with Gasteiger partial charge in [-0.2, -0.15) is 0 Å². The van der Waals surface area contributed by atoms with E-state index in [-0.39, 0.29) is 48.9 Å². The Hall–Kier alpha value is -3.86. The zero-order chi connectivity index (χ0) is 33.9. The zero-order valence-corrected chi connectivity index (χ0v) is 31.9. The minimum absolute atomic E-state index is 0. The maximum atomic E-state index is 11.7. The molecule has 0 amide bonds. The average molecular weight is 819 g/mol. The Morgan fingerprint density at radius 2 is 1.46 bits per heavy atom. The molecule has 0 unspecified atom stereocenters. The van der Waals surface area contributed by atoms with Crippen molar-refractivity contribution in [3.63, 3.8) is 0 Å². The van der Waals surface area contributed by atoms with E-state index in [0.29, 0.717) is 0 Å². The molecule has 0 fully saturated rings. The molecular weight excluding hydrogens is 771 g/mol. The molecule has 1 radical (unpaired) electrons. The van der Waals surface area contributed by atoms with Gasteiger partial charge < -0.3 is 9.67 Å². The second-order valence-electron chi connectivity index (χ2n) is 13.6. The molecule has 6 heteroatoms. The molecule has 0 aliphatic rings. The van der Waals surface area contributed by atoms with Crippen LogP contribution in [0.5, 0.6) is 0 Å². The summed E-state index contributed by atoms with van der Waals surface area (Å²) < 4.78 is 2.17. The molecule has 0 aliphatic heterocycles. The van der Waals surface area contributed by atoms with Crippen molar-refractivity contribution in [2.24, 2.45) is 18.9 Å². The topological polar surface area (TPSA) is 68.0 Å². The molecular formula is C42H48IrN3O2-. The minimum atomic E-state index is 0. The van der Waals surface area contributed by atoms with Crippen molar-refractivity contribution in [1.82, 2.24) is 14.5 Å². The molecule has 2 aromatic heterocycles. The summed E-state index contributed by atoms with van der Waals surface area (Å²) in [6, 6.07) is 27.5. The number of nitrogens with zero attached hydrogens (tertiary/aromatic N) is 3. The molecule has 0 saturated heterocycles. The van der Waals surface area contributed by atoms with E-state index in [9.17, 15) is 9.90 Å². The van der Waals surface area contributed by atoms with Crippen molar-refractivity contribution < 1.29 is 30.0 Å². The Balaban J connectivity index is 0.000000279. The maximum Gasteiger partial charge on any atom is 0.162 e. The summed E-state index contributed by atoms with van der Waals surface area (Å²) >= 11 is 0. The van der Waals surface area contributed by atoms with Gasteiger partial charge in [-0.3, -0.25) is 9.78 Å². The number of benzene rings is 4. The first-order valence-corrected chi connectivity index (χ1v) is 17.0. The van der Waals surface area contributed by atoms with Gasteiger partial charge in [0.1, 0.15) is 12.0 Å². The number of aromatic nitrogens is 3. The van der Waals surface area contributed by atoms with Crippen LogP contribution in [-0.4, -0.2) is 25.4 Å².